The Kier molecular flexibility index (Phi) is 5.11. The molecule has 2 rings (SSSR count). The summed E-state index contributed by atoms with van der Waals surface area (Å²) in [5, 5.41) is 3.59. The lowest BCUT2D eigenvalue weighted by Crippen LogP contribution is -2.30. The fraction of sp³-hybridized carbons (Fsp3) is 1.00. The van der Waals surface area contributed by atoms with Crippen molar-refractivity contribution in [3.63, 3.8) is 0 Å². The fourth-order valence-electron chi connectivity index (χ4n) is 2.78. The van der Waals surface area contributed by atoms with E-state index in [2.05, 4.69) is 17.3 Å². The lowest BCUT2D eigenvalue weighted by Gasteiger charge is -2.23. The van der Waals surface area contributed by atoms with Crippen LogP contribution in [0.4, 0.5) is 0 Å². The van der Waals surface area contributed by atoms with Crippen molar-refractivity contribution in [3.8, 4) is 0 Å². The Morgan fingerprint density at radius 1 is 1.00 bits per heavy atom. The minimum Gasteiger partial charge on any atom is -0.314 e. The van der Waals surface area contributed by atoms with Gasteiger partial charge < -0.3 is 10.2 Å². The quantitative estimate of drug-likeness (QED) is 0.638. The molecule has 0 saturated heterocycles. The molecule has 0 spiro atoms. The second-order valence-corrected chi connectivity index (χ2v) is 5.71. The molecule has 2 aliphatic carbocycles. The van der Waals surface area contributed by atoms with Crippen LogP contribution in [0.5, 0.6) is 0 Å². The Morgan fingerprint density at radius 3 is 2.44 bits per heavy atom. The summed E-state index contributed by atoms with van der Waals surface area (Å²) in [5.41, 5.74) is 0. The van der Waals surface area contributed by atoms with Crippen LogP contribution in [-0.4, -0.2) is 37.1 Å². The van der Waals surface area contributed by atoms with Crippen LogP contribution in [-0.2, 0) is 0 Å². The van der Waals surface area contributed by atoms with Crippen molar-refractivity contribution >= 4 is 0 Å². The standard InChI is InChI=1S/C14H28N2/c1-16(14-7-3-4-8-14)12-6-2-5-11-15-13-9-10-13/h13-15H,2-12H2,1H3. The first-order valence-electron chi connectivity index (χ1n) is 7.30. The van der Waals surface area contributed by atoms with Gasteiger partial charge in [0.25, 0.3) is 0 Å². The predicted octanol–water partition coefficient (Wildman–Crippen LogP) is 2.78. The Bertz CT molecular complexity index is 183. The number of unbranched alkanes of at least 4 members (excludes halogenated alkanes) is 2. The van der Waals surface area contributed by atoms with Gasteiger partial charge in [-0.15, -0.1) is 0 Å². The van der Waals surface area contributed by atoms with Crippen LogP contribution in [0.3, 0.4) is 0 Å². The van der Waals surface area contributed by atoms with E-state index in [4.69, 9.17) is 0 Å². The lowest BCUT2D eigenvalue weighted by atomic mass is 10.2. The second-order valence-electron chi connectivity index (χ2n) is 5.71. The SMILES string of the molecule is CN(CCCCCNC1CC1)C1CCCC1. The molecule has 0 aromatic carbocycles. The van der Waals surface area contributed by atoms with Crippen molar-refractivity contribution < 1.29 is 0 Å². The number of hydrogen-bond donors (Lipinski definition) is 1. The number of hydrogen-bond acceptors (Lipinski definition) is 2. The third kappa shape index (κ3) is 4.42. The molecule has 2 aliphatic rings. The first-order valence-corrected chi connectivity index (χ1v) is 7.30. The average molecular weight is 224 g/mol. The zero-order valence-electron chi connectivity index (χ0n) is 10.9. The van der Waals surface area contributed by atoms with E-state index in [1.54, 1.807) is 0 Å². The third-order valence-corrected chi connectivity index (χ3v) is 4.15. The van der Waals surface area contributed by atoms with Gasteiger partial charge in [0.15, 0.2) is 0 Å². The molecule has 0 amide bonds. The number of nitrogens with zero attached hydrogens (tertiary/aromatic N) is 1. The molecule has 0 heterocycles. The van der Waals surface area contributed by atoms with Crippen LogP contribution in [0.1, 0.15) is 57.8 Å². The number of nitrogens with one attached hydrogen (secondary N) is 1. The van der Waals surface area contributed by atoms with Gasteiger partial charge in [-0.05, 0) is 58.7 Å². The molecule has 1 N–H and O–H groups in total. The van der Waals surface area contributed by atoms with E-state index in [-0.39, 0.29) is 0 Å². The van der Waals surface area contributed by atoms with Gasteiger partial charge in [0.1, 0.15) is 0 Å². The van der Waals surface area contributed by atoms with Crippen LogP contribution < -0.4 is 5.32 Å². The van der Waals surface area contributed by atoms with Crippen molar-refractivity contribution in [2.75, 3.05) is 20.1 Å². The molecule has 0 aliphatic heterocycles. The van der Waals surface area contributed by atoms with Crippen LogP contribution in [0, 0.1) is 0 Å². The molecule has 2 nitrogen and oxygen atoms in total. The summed E-state index contributed by atoms with van der Waals surface area (Å²) in [4.78, 5) is 2.60. The molecule has 2 heteroatoms. The summed E-state index contributed by atoms with van der Waals surface area (Å²) in [6, 6.07) is 1.80. The van der Waals surface area contributed by atoms with Crippen LogP contribution in [0.15, 0.2) is 0 Å². The van der Waals surface area contributed by atoms with Gasteiger partial charge in [-0.3, -0.25) is 0 Å². The van der Waals surface area contributed by atoms with Gasteiger partial charge in [-0.2, -0.15) is 0 Å². The molecule has 0 aromatic heterocycles. The Labute approximate surface area is 101 Å². The van der Waals surface area contributed by atoms with E-state index >= 15 is 0 Å². The maximum atomic E-state index is 3.59. The number of rotatable bonds is 8. The molecule has 2 saturated carbocycles. The fourth-order valence-corrected chi connectivity index (χ4v) is 2.78. The highest BCUT2D eigenvalue weighted by atomic mass is 15.1. The molecule has 0 atom stereocenters. The van der Waals surface area contributed by atoms with Crippen molar-refractivity contribution in [1.82, 2.24) is 10.2 Å². The molecular weight excluding hydrogens is 196 g/mol. The van der Waals surface area contributed by atoms with Crippen LogP contribution >= 0.6 is 0 Å². The second kappa shape index (κ2) is 6.61. The van der Waals surface area contributed by atoms with Crippen molar-refractivity contribution in [2.24, 2.45) is 0 Å². The van der Waals surface area contributed by atoms with Gasteiger partial charge in [0.05, 0.1) is 0 Å². The topological polar surface area (TPSA) is 15.3 Å². The molecule has 16 heavy (non-hydrogen) atoms. The Balaban J connectivity index is 1.40. The molecule has 2 fully saturated rings. The maximum absolute atomic E-state index is 3.59. The Hall–Kier alpha value is -0.0800. The van der Waals surface area contributed by atoms with Gasteiger partial charge in [-0.25, -0.2) is 0 Å². The van der Waals surface area contributed by atoms with Gasteiger partial charge >= 0.3 is 0 Å². The van der Waals surface area contributed by atoms with E-state index in [0.29, 0.717) is 0 Å². The molecule has 0 bridgehead atoms. The molecule has 0 unspecified atom stereocenters. The van der Waals surface area contributed by atoms with Crippen LogP contribution in [0.25, 0.3) is 0 Å². The van der Waals surface area contributed by atoms with E-state index in [9.17, 15) is 0 Å². The molecule has 94 valence electrons. The third-order valence-electron chi connectivity index (χ3n) is 4.15. The smallest absolute Gasteiger partial charge is 0.00922 e. The van der Waals surface area contributed by atoms with E-state index in [1.165, 1.54) is 70.9 Å². The summed E-state index contributed by atoms with van der Waals surface area (Å²) in [6.45, 7) is 2.56. The summed E-state index contributed by atoms with van der Waals surface area (Å²) >= 11 is 0. The highest BCUT2D eigenvalue weighted by molar-refractivity contribution is 4.80. The Morgan fingerprint density at radius 2 is 1.75 bits per heavy atom. The van der Waals surface area contributed by atoms with E-state index in [1.807, 2.05) is 0 Å². The van der Waals surface area contributed by atoms with Crippen LogP contribution in [0.2, 0.25) is 0 Å². The van der Waals surface area contributed by atoms with Gasteiger partial charge in [-0.1, -0.05) is 19.3 Å². The summed E-state index contributed by atoms with van der Waals surface area (Å²) in [6.07, 6.45) is 12.8. The monoisotopic (exact) mass is 224 g/mol. The van der Waals surface area contributed by atoms with Gasteiger partial charge in [0, 0.05) is 12.1 Å². The van der Waals surface area contributed by atoms with E-state index in [0.717, 1.165) is 12.1 Å². The van der Waals surface area contributed by atoms with Crippen molar-refractivity contribution in [2.45, 2.75) is 69.9 Å². The van der Waals surface area contributed by atoms with E-state index < -0.39 is 0 Å². The molecule has 0 radical (unpaired) electrons. The highest BCUT2D eigenvalue weighted by Gasteiger charge is 2.20. The first kappa shape index (κ1) is 12.4. The van der Waals surface area contributed by atoms with Gasteiger partial charge in [0.2, 0.25) is 0 Å². The molecular formula is C14H28N2. The normalized spacial score (nSPS) is 22.1. The predicted molar refractivity (Wildman–Crippen MR) is 69.8 cm³/mol. The van der Waals surface area contributed by atoms with Crippen molar-refractivity contribution in [1.29, 1.82) is 0 Å². The highest BCUT2D eigenvalue weighted by Crippen LogP contribution is 2.22. The first-order chi connectivity index (χ1) is 7.86. The minimum atomic E-state index is 0.890. The summed E-state index contributed by atoms with van der Waals surface area (Å²) in [7, 11) is 2.32. The summed E-state index contributed by atoms with van der Waals surface area (Å²) < 4.78 is 0. The average Bonchev–Trinajstić information content (AvgIpc) is 2.95. The molecule has 0 aromatic rings. The minimum absolute atomic E-state index is 0.890. The zero-order chi connectivity index (χ0) is 11.2. The zero-order valence-corrected chi connectivity index (χ0v) is 10.9. The van der Waals surface area contributed by atoms with Crippen molar-refractivity contribution in [3.05, 3.63) is 0 Å². The maximum Gasteiger partial charge on any atom is 0.00922 e. The largest absolute Gasteiger partial charge is 0.314 e. The summed E-state index contributed by atoms with van der Waals surface area (Å²) in [5.74, 6) is 0. The lowest BCUT2D eigenvalue weighted by molar-refractivity contribution is 0.240.